The van der Waals surface area contributed by atoms with Crippen LogP contribution in [-0.2, 0) is 16.4 Å². The third kappa shape index (κ3) is 3.96. The van der Waals surface area contributed by atoms with Crippen molar-refractivity contribution in [1.29, 1.82) is 0 Å². The highest BCUT2D eigenvalue weighted by Crippen LogP contribution is 2.32. The number of hydrogen-bond acceptors (Lipinski definition) is 3. The van der Waals surface area contributed by atoms with E-state index in [9.17, 15) is 8.42 Å². The fraction of sp³-hybridized carbons (Fsp3) is 0.107. The van der Waals surface area contributed by atoms with E-state index in [1.807, 2.05) is 30.3 Å². The van der Waals surface area contributed by atoms with Gasteiger partial charge in [0.1, 0.15) is 4.90 Å². The lowest BCUT2D eigenvalue weighted by Gasteiger charge is -2.09. The number of nitrogens with zero attached hydrogens (tertiary/aromatic N) is 2. The molecule has 0 aliphatic rings. The number of aromatic nitrogens is 2. The van der Waals surface area contributed by atoms with Gasteiger partial charge >= 0.3 is 0 Å². The maximum atomic E-state index is 13.4. The molecule has 5 heteroatoms. The first-order valence-electron chi connectivity index (χ1n) is 11.0. The first-order chi connectivity index (χ1) is 16.1. The normalized spacial score (nSPS) is 11.7. The highest BCUT2D eigenvalue weighted by Gasteiger charge is 2.21. The van der Waals surface area contributed by atoms with E-state index in [1.165, 1.54) is 15.7 Å². The van der Waals surface area contributed by atoms with Crippen LogP contribution in [-0.4, -0.2) is 17.4 Å². The molecule has 0 radical (unpaired) electrons. The molecule has 2 heterocycles. The molecule has 5 aromatic rings. The third-order valence-electron chi connectivity index (χ3n) is 5.89. The lowest BCUT2D eigenvalue weighted by Crippen LogP contribution is -2.12. The van der Waals surface area contributed by atoms with Gasteiger partial charge in [0, 0.05) is 24.0 Å². The Labute approximate surface area is 194 Å². The van der Waals surface area contributed by atoms with Gasteiger partial charge < -0.3 is 0 Å². The van der Waals surface area contributed by atoms with Crippen molar-refractivity contribution < 1.29 is 8.42 Å². The van der Waals surface area contributed by atoms with Crippen LogP contribution in [0, 0.1) is 0 Å². The number of fused-ring (bicyclic) bond motifs is 1. The van der Waals surface area contributed by atoms with E-state index >= 15 is 0 Å². The second-order valence-electron chi connectivity index (χ2n) is 8.07. The summed E-state index contributed by atoms with van der Waals surface area (Å²) >= 11 is 0. The van der Waals surface area contributed by atoms with Crippen LogP contribution in [0.25, 0.3) is 33.2 Å². The van der Waals surface area contributed by atoms with Gasteiger partial charge in [0.2, 0.25) is 0 Å². The summed E-state index contributed by atoms with van der Waals surface area (Å²) in [7, 11) is -3.75. The van der Waals surface area contributed by atoms with Crippen molar-refractivity contribution in [1.82, 2.24) is 8.96 Å². The molecule has 0 fully saturated rings. The zero-order valence-electron chi connectivity index (χ0n) is 18.3. The summed E-state index contributed by atoms with van der Waals surface area (Å²) in [5.41, 5.74) is 6.05. The quantitative estimate of drug-likeness (QED) is 0.293. The molecular formula is C28H24N2O2S. The summed E-state index contributed by atoms with van der Waals surface area (Å²) in [5, 5.41) is 0.967. The van der Waals surface area contributed by atoms with Crippen molar-refractivity contribution in [2.75, 3.05) is 0 Å². The fourth-order valence-electron chi connectivity index (χ4n) is 4.21. The summed E-state index contributed by atoms with van der Waals surface area (Å²) in [6.07, 6.45) is 6.49. The van der Waals surface area contributed by atoms with Crippen molar-refractivity contribution in [2.24, 2.45) is 0 Å². The highest BCUT2D eigenvalue weighted by molar-refractivity contribution is 7.90. The molecule has 33 heavy (non-hydrogen) atoms. The molecule has 0 N–H and O–H groups in total. The zero-order valence-corrected chi connectivity index (χ0v) is 19.2. The van der Waals surface area contributed by atoms with Crippen LogP contribution >= 0.6 is 0 Å². The van der Waals surface area contributed by atoms with E-state index in [-0.39, 0.29) is 4.90 Å². The lowest BCUT2D eigenvalue weighted by molar-refractivity contribution is 0.588. The molecule has 0 saturated heterocycles. The molecule has 0 spiro atoms. The molecule has 0 saturated carbocycles. The number of aryl methyl sites for hydroxylation is 1. The average Bonchev–Trinajstić information content (AvgIpc) is 3.24. The Bertz CT molecular complexity index is 1510. The number of pyridine rings is 1. The molecule has 0 aliphatic carbocycles. The zero-order chi connectivity index (χ0) is 22.8. The molecule has 5 rings (SSSR count). The van der Waals surface area contributed by atoms with Crippen molar-refractivity contribution >= 4 is 20.9 Å². The maximum Gasteiger partial charge on any atom is 0.269 e. The predicted octanol–water partition coefficient (Wildman–Crippen LogP) is 6.56. The Morgan fingerprint density at radius 3 is 2.12 bits per heavy atom. The summed E-state index contributed by atoms with van der Waals surface area (Å²) in [6, 6.07) is 27.9. The first kappa shape index (κ1) is 21.2. The third-order valence-corrected chi connectivity index (χ3v) is 7.55. The molecular weight excluding hydrogens is 428 g/mol. The van der Waals surface area contributed by atoms with Crippen LogP contribution in [0.4, 0.5) is 0 Å². The van der Waals surface area contributed by atoms with Gasteiger partial charge in [-0.1, -0.05) is 80.1 Å². The second-order valence-corrected chi connectivity index (χ2v) is 9.88. The van der Waals surface area contributed by atoms with Gasteiger partial charge in [0.15, 0.2) is 0 Å². The van der Waals surface area contributed by atoms with Gasteiger partial charge in [-0.25, -0.2) is 12.4 Å². The van der Waals surface area contributed by atoms with E-state index in [2.05, 4.69) is 54.4 Å². The summed E-state index contributed by atoms with van der Waals surface area (Å²) in [6.45, 7) is 2.10. The van der Waals surface area contributed by atoms with E-state index in [0.717, 1.165) is 40.5 Å². The summed E-state index contributed by atoms with van der Waals surface area (Å²) in [5.74, 6) is 0. The van der Waals surface area contributed by atoms with E-state index in [4.69, 9.17) is 0 Å². The summed E-state index contributed by atoms with van der Waals surface area (Å²) in [4.78, 5) is 4.19. The number of rotatable bonds is 6. The molecule has 2 aromatic heterocycles. The Morgan fingerprint density at radius 1 is 0.788 bits per heavy atom. The minimum atomic E-state index is -3.75. The van der Waals surface area contributed by atoms with Crippen LogP contribution in [0.3, 0.4) is 0 Å². The molecule has 3 aromatic carbocycles. The van der Waals surface area contributed by atoms with Gasteiger partial charge in [-0.15, -0.1) is 0 Å². The predicted molar refractivity (Wildman–Crippen MR) is 134 cm³/mol. The van der Waals surface area contributed by atoms with Crippen LogP contribution in [0.2, 0.25) is 0 Å². The summed E-state index contributed by atoms with van der Waals surface area (Å²) < 4.78 is 28.3. The van der Waals surface area contributed by atoms with Crippen LogP contribution < -0.4 is 0 Å². The first-order valence-corrected chi connectivity index (χ1v) is 12.5. The smallest absolute Gasteiger partial charge is 0.263 e. The minimum absolute atomic E-state index is 0.183. The van der Waals surface area contributed by atoms with E-state index in [1.54, 1.807) is 24.5 Å². The van der Waals surface area contributed by atoms with Gasteiger partial charge in [-0.05, 0) is 52.4 Å². The van der Waals surface area contributed by atoms with Crippen molar-refractivity contribution in [3.63, 3.8) is 0 Å². The van der Waals surface area contributed by atoms with Gasteiger partial charge in [-0.2, -0.15) is 0 Å². The van der Waals surface area contributed by atoms with Crippen molar-refractivity contribution in [3.05, 3.63) is 109 Å². The molecule has 0 bridgehead atoms. The Morgan fingerprint density at radius 2 is 1.45 bits per heavy atom. The topological polar surface area (TPSA) is 52.0 Å². The second kappa shape index (κ2) is 8.68. The van der Waals surface area contributed by atoms with E-state index in [0.29, 0.717) is 5.52 Å². The minimum Gasteiger partial charge on any atom is -0.263 e. The van der Waals surface area contributed by atoms with E-state index < -0.39 is 10.0 Å². The molecule has 0 aliphatic heterocycles. The Kier molecular flexibility index (Phi) is 5.56. The Hall–Kier alpha value is -3.70. The number of hydrogen-bond donors (Lipinski definition) is 0. The molecule has 4 nitrogen and oxygen atoms in total. The average molecular weight is 453 g/mol. The molecule has 0 unspecified atom stereocenters. The largest absolute Gasteiger partial charge is 0.269 e. The monoisotopic (exact) mass is 452 g/mol. The SMILES string of the molecule is CCCc1cn(S(=O)(=O)c2cccnc2)c2cc(-c3ccc(-c4ccccc4)cc3)ccc12. The van der Waals surface area contributed by atoms with Crippen molar-refractivity contribution in [2.45, 2.75) is 24.7 Å². The standard InChI is InChI=1S/C28H24N2O2S/c1-2-7-25-20-30(33(31,32)26-10-6-17-29-19-26)28-18-24(15-16-27(25)28)23-13-11-22(12-14-23)21-8-4-3-5-9-21/h3-6,8-20H,2,7H2,1H3. The Balaban J connectivity index is 1.62. The van der Waals surface area contributed by atoms with Gasteiger partial charge in [0.25, 0.3) is 10.0 Å². The van der Waals surface area contributed by atoms with Crippen molar-refractivity contribution in [3.8, 4) is 22.3 Å². The number of benzene rings is 3. The van der Waals surface area contributed by atoms with Crippen LogP contribution in [0.15, 0.2) is 108 Å². The maximum absolute atomic E-state index is 13.4. The lowest BCUT2D eigenvalue weighted by atomic mass is 9.99. The van der Waals surface area contributed by atoms with Crippen LogP contribution in [0.5, 0.6) is 0 Å². The van der Waals surface area contributed by atoms with Gasteiger partial charge in [-0.3, -0.25) is 4.98 Å². The molecule has 0 amide bonds. The highest BCUT2D eigenvalue weighted by atomic mass is 32.2. The van der Waals surface area contributed by atoms with Gasteiger partial charge in [0.05, 0.1) is 5.52 Å². The molecule has 164 valence electrons. The molecule has 0 atom stereocenters. The van der Waals surface area contributed by atoms with Crippen LogP contribution in [0.1, 0.15) is 18.9 Å². The fourth-order valence-corrected chi connectivity index (χ4v) is 5.56.